The van der Waals surface area contributed by atoms with Crippen molar-refractivity contribution < 1.29 is 119 Å². The van der Waals surface area contributed by atoms with Gasteiger partial charge in [0.15, 0.2) is 0 Å². The zero-order valence-electron chi connectivity index (χ0n) is 23.0. The molecular weight excluding hydrogens is 707 g/mol. The summed E-state index contributed by atoms with van der Waals surface area (Å²) in [6.07, 6.45) is -14.6. The number of carbonyl (C=O) groups excluding carboxylic acids is 3. The number of rotatable bonds is 3. The molecule has 0 amide bonds. The Bertz CT molecular complexity index is 829. The Morgan fingerprint density at radius 2 is 0.550 bits per heavy atom. The summed E-state index contributed by atoms with van der Waals surface area (Å²) >= 11 is 0. The van der Waals surface area contributed by atoms with Crippen molar-refractivity contribution in [3.63, 3.8) is 0 Å². The van der Waals surface area contributed by atoms with Gasteiger partial charge in [0.25, 0.3) is 17.3 Å². The van der Waals surface area contributed by atoms with Gasteiger partial charge in [-0.1, -0.05) is 62.3 Å². The maximum Gasteiger partial charge on any atom is 3.00 e. The van der Waals surface area contributed by atoms with E-state index < -0.39 is 69.4 Å². The maximum atomic E-state index is 11.7. The molecule has 0 atom stereocenters. The summed E-state index contributed by atoms with van der Waals surface area (Å²) in [6, 6.07) is 0. The molecule has 16 heteroatoms. The SMILES string of the molecule is CC(C)(C)/C([O-])=C\C(=O)C(F)(F)F.CC(C)(C)/C([O-])=C\C(=O)C(F)(F)F.CC(C)(C)/C([O-])=C\C(=O)C(F)(F)F.[Eu+3]. The van der Waals surface area contributed by atoms with E-state index in [9.17, 15) is 69.2 Å². The molecule has 6 nitrogen and oxygen atoms in total. The smallest absolute Gasteiger partial charge is 0.875 e. The average molecular weight is 737 g/mol. The van der Waals surface area contributed by atoms with Gasteiger partial charge in [-0.15, -0.1) is 17.3 Å². The second kappa shape index (κ2) is 16.3. The summed E-state index contributed by atoms with van der Waals surface area (Å²) in [5.74, 6) is -8.79. The van der Waals surface area contributed by atoms with Crippen LogP contribution in [0.4, 0.5) is 39.5 Å². The van der Waals surface area contributed by atoms with Gasteiger partial charge in [-0.2, -0.15) is 39.5 Å². The van der Waals surface area contributed by atoms with E-state index in [0.717, 1.165) is 0 Å². The fraction of sp³-hybridized carbons (Fsp3) is 0.625. The minimum Gasteiger partial charge on any atom is -0.875 e. The zero-order valence-corrected chi connectivity index (χ0v) is 25.4. The van der Waals surface area contributed by atoms with Crippen LogP contribution in [0, 0.1) is 65.6 Å². The first-order valence-electron chi connectivity index (χ1n) is 10.7. The van der Waals surface area contributed by atoms with Crippen molar-refractivity contribution in [2.45, 2.75) is 80.8 Å². The third kappa shape index (κ3) is 21.3. The van der Waals surface area contributed by atoms with Gasteiger partial charge in [0, 0.05) is 0 Å². The quantitative estimate of drug-likeness (QED) is 0.243. The number of allylic oxidation sites excluding steroid dienone is 6. The molecule has 0 aromatic carbocycles. The van der Waals surface area contributed by atoms with E-state index in [1.165, 1.54) is 62.3 Å². The van der Waals surface area contributed by atoms with E-state index in [1.807, 2.05) is 0 Å². The van der Waals surface area contributed by atoms with Crippen LogP contribution >= 0.6 is 0 Å². The van der Waals surface area contributed by atoms with Crippen LogP contribution in [0.3, 0.4) is 0 Å². The Hall–Kier alpha value is -1.42. The van der Waals surface area contributed by atoms with Crippen LogP contribution in [0.2, 0.25) is 0 Å². The summed E-state index contributed by atoms with van der Waals surface area (Å²) in [5.41, 5.74) is -2.87. The van der Waals surface area contributed by atoms with Crippen molar-refractivity contribution in [3.8, 4) is 0 Å². The molecule has 0 fully saturated rings. The van der Waals surface area contributed by atoms with Crippen molar-refractivity contribution in [2.24, 2.45) is 16.2 Å². The topological polar surface area (TPSA) is 120 Å². The van der Waals surface area contributed by atoms with Crippen LogP contribution in [0.15, 0.2) is 35.5 Å². The van der Waals surface area contributed by atoms with E-state index in [2.05, 4.69) is 0 Å². The Morgan fingerprint density at radius 3 is 0.625 bits per heavy atom. The first-order valence-corrected chi connectivity index (χ1v) is 10.7. The van der Waals surface area contributed by atoms with Crippen molar-refractivity contribution in [1.29, 1.82) is 0 Å². The first-order chi connectivity index (χ1) is 16.6. The molecule has 40 heavy (non-hydrogen) atoms. The van der Waals surface area contributed by atoms with Crippen LogP contribution in [-0.2, 0) is 14.4 Å². The van der Waals surface area contributed by atoms with E-state index in [4.69, 9.17) is 0 Å². The van der Waals surface area contributed by atoms with Crippen molar-refractivity contribution in [2.75, 3.05) is 0 Å². The molecule has 0 bridgehead atoms. The zero-order chi connectivity index (χ0) is 32.6. The molecule has 0 aliphatic heterocycles. The fourth-order valence-electron chi connectivity index (χ4n) is 1.25. The predicted octanol–water partition coefficient (Wildman–Crippen LogP) is 4.22. The Labute approximate surface area is 266 Å². The van der Waals surface area contributed by atoms with Crippen LogP contribution in [-0.4, -0.2) is 35.9 Å². The molecule has 0 heterocycles. The van der Waals surface area contributed by atoms with Gasteiger partial charge in [0.05, 0.1) is 0 Å². The van der Waals surface area contributed by atoms with Crippen molar-refractivity contribution in [1.82, 2.24) is 0 Å². The summed E-state index contributed by atoms with van der Waals surface area (Å²) in [5, 5.41) is 32.8. The van der Waals surface area contributed by atoms with E-state index in [0.29, 0.717) is 0 Å². The standard InChI is InChI=1S/3C8H11F3O2.Eu/c3*1-7(2,3)5(12)4-6(13)8(9,10)11;/h3*4,12H,1-3H3;/q;;;+3/p-3/b3*5-4+;. The summed E-state index contributed by atoms with van der Waals surface area (Å²) in [4.78, 5) is 31.0. The van der Waals surface area contributed by atoms with Crippen molar-refractivity contribution in [3.05, 3.63) is 35.5 Å². The van der Waals surface area contributed by atoms with Crippen LogP contribution in [0.25, 0.3) is 0 Å². The molecule has 0 saturated heterocycles. The Balaban J connectivity index is -0.000000240. The second-order valence-electron chi connectivity index (χ2n) is 10.9. The third-order valence-electron chi connectivity index (χ3n) is 3.84. The molecule has 0 N–H and O–H groups in total. The normalized spacial score (nSPS) is 14.1. The van der Waals surface area contributed by atoms with Crippen LogP contribution in [0.5, 0.6) is 0 Å². The molecule has 0 aliphatic rings. The van der Waals surface area contributed by atoms with Gasteiger partial charge < -0.3 is 15.3 Å². The van der Waals surface area contributed by atoms with Gasteiger partial charge >= 0.3 is 67.9 Å². The molecular formula is C24H30EuF9O6. The number of hydrogen-bond donors (Lipinski definition) is 0. The van der Waals surface area contributed by atoms with Crippen LogP contribution in [0.1, 0.15) is 62.3 Å². The molecule has 232 valence electrons. The van der Waals surface area contributed by atoms with Gasteiger partial charge in [0.1, 0.15) is 0 Å². The molecule has 0 spiro atoms. The summed E-state index contributed by atoms with van der Waals surface area (Å²) in [6.45, 7) is 13.0. The maximum absolute atomic E-state index is 11.7. The largest absolute Gasteiger partial charge is 3.00 e. The number of ketones is 3. The molecule has 0 radical (unpaired) electrons. The average Bonchev–Trinajstić information content (AvgIpc) is 2.64. The molecule has 0 unspecified atom stereocenters. The van der Waals surface area contributed by atoms with Gasteiger partial charge in [-0.3, -0.25) is 14.4 Å². The third-order valence-corrected chi connectivity index (χ3v) is 3.84. The monoisotopic (exact) mass is 738 g/mol. The molecule has 0 aliphatic carbocycles. The van der Waals surface area contributed by atoms with Crippen molar-refractivity contribution >= 4 is 17.3 Å². The predicted molar refractivity (Wildman–Crippen MR) is 116 cm³/mol. The molecule has 0 rings (SSSR count). The van der Waals surface area contributed by atoms with Gasteiger partial charge in [-0.25, -0.2) is 0 Å². The second-order valence-corrected chi connectivity index (χ2v) is 10.9. The number of carbonyl (C=O) groups is 3. The molecule has 0 aromatic heterocycles. The number of alkyl halides is 9. The van der Waals surface area contributed by atoms with Gasteiger partial charge in [0.2, 0.25) is 0 Å². The van der Waals surface area contributed by atoms with Crippen LogP contribution < -0.4 is 15.3 Å². The van der Waals surface area contributed by atoms with E-state index >= 15 is 0 Å². The van der Waals surface area contributed by atoms with E-state index in [-0.39, 0.29) is 67.6 Å². The fourth-order valence-corrected chi connectivity index (χ4v) is 1.25. The minimum absolute atomic E-state index is 0. The first kappa shape index (κ1) is 45.6. The minimum atomic E-state index is -4.96. The van der Waals surface area contributed by atoms with E-state index in [1.54, 1.807) is 0 Å². The number of halogens is 9. The molecule has 0 saturated carbocycles. The summed E-state index contributed by atoms with van der Waals surface area (Å²) in [7, 11) is 0. The Morgan fingerprint density at radius 1 is 0.425 bits per heavy atom. The molecule has 0 aromatic rings. The summed E-state index contributed by atoms with van der Waals surface area (Å²) < 4.78 is 105. The van der Waals surface area contributed by atoms with Gasteiger partial charge in [-0.05, 0) is 34.5 Å². The number of hydrogen-bond acceptors (Lipinski definition) is 6. The Kier molecular flexibility index (Phi) is 18.5.